The summed E-state index contributed by atoms with van der Waals surface area (Å²) in [7, 11) is 0. The number of likely N-dealkylation sites (tertiary alicyclic amines) is 1. The van der Waals surface area contributed by atoms with Crippen LogP contribution >= 0.6 is 15.9 Å². The first-order valence-corrected chi connectivity index (χ1v) is 9.15. The second-order valence-electron chi connectivity index (χ2n) is 6.60. The van der Waals surface area contributed by atoms with E-state index in [1.165, 1.54) is 18.1 Å². The first-order chi connectivity index (χ1) is 12.0. The number of nitrogens with zero attached hydrogens (tertiary/aromatic N) is 1. The van der Waals surface area contributed by atoms with Crippen molar-refractivity contribution in [2.75, 3.05) is 0 Å². The summed E-state index contributed by atoms with van der Waals surface area (Å²) < 4.78 is 6.30. The van der Waals surface area contributed by atoms with Crippen LogP contribution in [0.25, 0.3) is 0 Å². The highest BCUT2D eigenvalue weighted by molar-refractivity contribution is 9.10. The lowest BCUT2D eigenvalue weighted by molar-refractivity contribution is -0.186. The zero-order chi connectivity index (χ0) is 17.6. The zero-order valence-electron chi connectivity index (χ0n) is 13.8. The first kappa shape index (κ1) is 16.3. The second-order valence-corrected chi connectivity index (χ2v) is 7.52. The number of esters is 1. The molecule has 1 heterocycles. The number of hydrogen-bond donors (Lipinski definition) is 0. The van der Waals surface area contributed by atoms with Gasteiger partial charge < -0.3 is 9.64 Å². The molecule has 2 aromatic carbocycles. The molecular formula is C20H18BrNO3. The maximum atomic E-state index is 12.7. The summed E-state index contributed by atoms with van der Waals surface area (Å²) in [6.45, 7) is 1.35. The van der Waals surface area contributed by atoms with E-state index in [0.717, 1.165) is 22.9 Å². The topological polar surface area (TPSA) is 46.6 Å². The predicted molar refractivity (Wildman–Crippen MR) is 96.9 cm³/mol. The lowest BCUT2D eigenvalue weighted by atomic mass is 9.88. The first-order valence-electron chi connectivity index (χ1n) is 8.36. The molecule has 0 N–H and O–H groups in total. The fraction of sp³-hybridized carbons (Fsp3) is 0.300. The monoisotopic (exact) mass is 399 g/mol. The number of benzene rings is 2. The molecule has 25 heavy (non-hydrogen) atoms. The van der Waals surface area contributed by atoms with Crippen LogP contribution in [0.2, 0.25) is 0 Å². The van der Waals surface area contributed by atoms with Crippen molar-refractivity contribution in [3.63, 3.8) is 0 Å². The molecule has 0 bridgehead atoms. The Morgan fingerprint density at radius 3 is 2.24 bits per heavy atom. The molecule has 5 heteroatoms. The van der Waals surface area contributed by atoms with Gasteiger partial charge in [0, 0.05) is 17.4 Å². The van der Waals surface area contributed by atoms with E-state index >= 15 is 0 Å². The smallest absolute Gasteiger partial charge is 0.303 e. The molecule has 4 rings (SSSR count). The van der Waals surface area contributed by atoms with Gasteiger partial charge in [-0.3, -0.25) is 9.59 Å². The Labute approximate surface area is 154 Å². The van der Waals surface area contributed by atoms with Crippen molar-refractivity contribution in [3.05, 3.63) is 69.7 Å². The Kier molecular flexibility index (Phi) is 4.12. The maximum Gasteiger partial charge on any atom is 0.303 e. The van der Waals surface area contributed by atoms with Gasteiger partial charge in [0.1, 0.15) is 6.04 Å². The highest BCUT2D eigenvalue weighted by Crippen LogP contribution is 2.42. The minimum atomic E-state index is -0.720. The van der Waals surface area contributed by atoms with Crippen LogP contribution in [0.3, 0.4) is 0 Å². The van der Waals surface area contributed by atoms with Gasteiger partial charge in [-0.2, -0.15) is 0 Å². The standard InChI is InChI=1S/C20H18BrNO3/c1-12(23)25-19-18(13-6-8-16(21)9-7-13)22(20(19)24)17-10-14-4-2-3-5-15(14)11-17/h2-9,17-19H,10-11H2,1H3/t18-,19+/m1/s1. The summed E-state index contributed by atoms with van der Waals surface area (Å²) in [5, 5.41) is 0. The third kappa shape index (κ3) is 2.86. The number of ether oxygens (including phenoxy) is 1. The maximum absolute atomic E-state index is 12.7. The van der Waals surface area contributed by atoms with Crippen LogP contribution in [-0.2, 0) is 27.2 Å². The SMILES string of the molecule is CC(=O)O[C@@H]1C(=O)N(C2Cc3ccccc3C2)[C@@H]1c1ccc(Br)cc1. The van der Waals surface area contributed by atoms with Gasteiger partial charge in [-0.05, 0) is 41.7 Å². The van der Waals surface area contributed by atoms with Crippen LogP contribution in [0.1, 0.15) is 29.7 Å². The van der Waals surface area contributed by atoms with E-state index in [0.29, 0.717) is 0 Å². The number of carbonyl (C=O) groups is 2. The average molecular weight is 400 g/mol. The lowest BCUT2D eigenvalue weighted by Gasteiger charge is -2.49. The molecule has 1 fully saturated rings. The van der Waals surface area contributed by atoms with E-state index in [1.54, 1.807) is 0 Å². The van der Waals surface area contributed by atoms with E-state index in [-0.39, 0.29) is 18.0 Å². The Bertz CT molecular complexity index is 808. The van der Waals surface area contributed by atoms with E-state index in [1.807, 2.05) is 41.3 Å². The number of β-lactam (4-membered cyclic amide) rings is 1. The third-order valence-electron chi connectivity index (χ3n) is 5.01. The van der Waals surface area contributed by atoms with Gasteiger partial charge in [-0.15, -0.1) is 0 Å². The highest BCUT2D eigenvalue weighted by atomic mass is 79.9. The molecule has 0 saturated carbocycles. The molecule has 2 atom stereocenters. The van der Waals surface area contributed by atoms with E-state index in [2.05, 4.69) is 28.1 Å². The van der Waals surface area contributed by atoms with Gasteiger partial charge in [0.15, 0.2) is 0 Å². The molecule has 128 valence electrons. The van der Waals surface area contributed by atoms with Gasteiger partial charge >= 0.3 is 5.97 Å². The molecule has 1 aliphatic carbocycles. The van der Waals surface area contributed by atoms with Crippen LogP contribution < -0.4 is 0 Å². The Balaban J connectivity index is 1.63. The quantitative estimate of drug-likeness (QED) is 0.586. The van der Waals surface area contributed by atoms with Gasteiger partial charge in [0.25, 0.3) is 5.91 Å². The average Bonchev–Trinajstić information content (AvgIpc) is 3.01. The molecule has 0 aromatic heterocycles. The third-order valence-corrected chi connectivity index (χ3v) is 5.54. The number of carbonyl (C=O) groups excluding carboxylic acids is 2. The van der Waals surface area contributed by atoms with Crippen molar-refractivity contribution in [2.45, 2.75) is 38.0 Å². The largest absolute Gasteiger partial charge is 0.450 e. The number of hydrogen-bond acceptors (Lipinski definition) is 3. The lowest BCUT2D eigenvalue weighted by Crippen LogP contribution is -2.63. The molecule has 4 nitrogen and oxygen atoms in total. The van der Waals surface area contributed by atoms with Crippen LogP contribution in [0.5, 0.6) is 0 Å². The van der Waals surface area contributed by atoms with Crippen LogP contribution in [0.4, 0.5) is 0 Å². The van der Waals surface area contributed by atoms with Crippen molar-refractivity contribution in [2.24, 2.45) is 0 Å². The Morgan fingerprint density at radius 1 is 1.08 bits per heavy atom. The van der Waals surface area contributed by atoms with Crippen molar-refractivity contribution >= 4 is 27.8 Å². The summed E-state index contributed by atoms with van der Waals surface area (Å²) in [5.74, 6) is -0.518. The van der Waals surface area contributed by atoms with Crippen molar-refractivity contribution < 1.29 is 14.3 Å². The number of fused-ring (bicyclic) bond motifs is 1. The zero-order valence-corrected chi connectivity index (χ0v) is 15.4. The van der Waals surface area contributed by atoms with Gasteiger partial charge in [-0.25, -0.2) is 0 Å². The normalized spacial score (nSPS) is 22.5. The highest BCUT2D eigenvalue weighted by Gasteiger charge is 2.53. The molecule has 2 aromatic rings. The summed E-state index contributed by atoms with van der Waals surface area (Å²) in [4.78, 5) is 26.1. The number of halogens is 1. The molecule has 1 aliphatic heterocycles. The van der Waals surface area contributed by atoms with Gasteiger partial charge in [-0.1, -0.05) is 52.3 Å². The van der Waals surface area contributed by atoms with Gasteiger partial charge in [0.2, 0.25) is 6.10 Å². The molecular weight excluding hydrogens is 382 g/mol. The molecule has 0 spiro atoms. The summed E-state index contributed by atoms with van der Waals surface area (Å²) in [6, 6.07) is 16.1. The summed E-state index contributed by atoms with van der Waals surface area (Å²) in [6.07, 6.45) is 0.978. The molecule has 1 saturated heterocycles. The van der Waals surface area contributed by atoms with Crippen molar-refractivity contribution in [3.8, 4) is 0 Å². The van der Waals surface area contributed by atoms with Crippen LogP contribution in [-0.4, -0.2) is 28.9 Å². The molecule has 0 radical (unpaired) electrons. The Hall–Kier alpha value is -2.14. The summed E-state index contributed by atoms with van der Waals surface area (Å²) in [5.41, 5.74) is 3.58. The molecule has 1 amide bonds. The van der Waals surface area contributed by atoms with E-state index in [9.17, 15) is 9.59 Å². The van der Waals surface area contributed by atoms with Crippen LogP contribution in [0.15, 0.2) is 53.0 Å². The van der Waals surface area contributed by atoms with E-state index in [4.69, 9.17) is 4.74 Å². The van der Waals surface area contributed by atoms with Crippen molar-refractivity contribution in [1.29, 1.82) is 0 Å². The van der Waals surface area contributed by atoms with Gasteiger partial charge in [0.05, 0.1) is 0 Å². The fourth-order valence-corrected chi connectivity index (χ4v) is 4.18. The number of amides is 1. The number of rotatable bonds is 3. The minimum absolute atomic E-state index is 0.0964. The minimum Gasteiger partial charge on any atom is -0.450 e. The predicted octanol–water partition coefficient (Wildman–Crippen LogP) is 3.43. The van der Waals surface area contributed by atoms with Crippen molar-refractivity contribution in [1.82, 2.24) is 4.90 Å². The molecule has 0 unspecified atom stereocenters. The summed E-state index contributed by atoms with van der Waals surface area (Å²) >= 11 is 3.44. The van der Waals surface area contributed by atoms with Crippen LogP contribution in [0, 0.1) is 0 Å². The second kappa shape index (κ2) is 6.30. The fourth-order valence-electron chi connectivity index (χ4n) is 3.91. The van der Waals surface area contributed by atoms with E-state index < -0.39 is 12.1 Å². The Morgan fingerprint density at radius 2 is 1.68 bits per heavy atom. The molecule has 2 aliphatic rings.